The van der Waals surface area contributed by atoms with Crippen molar-refractivity contribution in [1.29, 1.82) is 0 Å². The fourth-order valence-corrected chi connectivity index (χ4v) is 1.90. The molecule has 96 valence electrons. The van der Waals surface area contributed by atoms with Crippen molar-refractivity contribution in [1.82, 2.24) is 5.32 Å². The van der Waals surface area contributed by atoms with Crippen molar-refractivity contribution in [2.75, 3.05) is 27.8 Å². The van der Waals surface area contributed by atoms with Crippen molar-refractivity contribution in [3.8, 4) is 11.5 Å². The molecule has 0 aliphatic carbocycles. The Morgan fingerprint density at radius 2 is 1.76 bits per heavy atom. The van der Waals surface area contributed by atoms with Gasteiger partial charge in [0, 0.05) is 6.07 Å². The largest absolute Gasteiger partial charge is 0.496 e. The van der Waals surface area contributed by atoms with E-state index in [2.05, 4.69) is 25.2 Å². The van der Waals surface area contributed by atoms with Crippen LogP contribution >= 0.6 is 0 Å². The zero-order valence-electron chi connectivity index (χ0n) is 11.5. The number of rotatable bonds is 6. The lowest BCUT2D eigenvalue weighted by atomic mass is 9.97. The van der Waals surface area contributed by atoms with Gasteiger partial charge in [-0.05, 0) is 43.1 Å². The standard InChI is InChI=1S/C14H23NO2/c1-10(2)12-8-11(6-7-15-3)13(16-4)9-14(12)17-5/h8-10,15H,6-7H2,1-5H3. The summed E-state index contributed by atoms with van der Waals surface area (Å²) in [4.78, 5) is 0. The summed E-state index contributed by atoms with van der Waals surface area (Å²) in [6.45, 7) is 5.29. The molecule has 1 rings (SSSR count). The highest BCUT2D eigenvalue weighted by atomic mass is 16.5. The molecule has 17 heavy (non-hydrogen) atoms. The first-order valence-corrected chi connectivity index (χ1v) is 6.03. The van der Waals surface area contributed by atoms with Crippen LogP contribution in [0.5, 0.6) is 11.5 Å². The quantitative estimate of drug-likeness (QED) is 0.825. The molecule has 0 aliphatic heterocycles. The summed E-state index contributed by atoms with van der Waals surface area (Å²) >= 11 is 0. The van der Waals surface area contributed by atoms with Gasteiger partial charge in [-0.25, -0.2) is 0 Å². The minimum atomic E-state index is 0.448. The molecule has 1 aromatic rings. The van der Waals surface area contributed by atoms with E-state index in [1.165, 1.54) is 11.1 Å². The molecule has 0 saturated carbocycles. The number of ether oxygens (including phenoxy) is 2. The third-order valence-corrected chi connectivity index (χ3v) is 2.90. The van der Waals surface area contributed by atoms with Gasteiger partial charge in [-0.1, -0.05) is 13.8 Å². The van der Waals surface area contributed by atoms with E-state index in [0.29, 0.717) is 5.92 Å². The Labute approximate surface area is 104 Å². The Hall–Kier alpha value is -1.22. The molecule has 3 heteroatoms. The van der Waals surface area contributed by atoms with Gasteiger partial charge in [-0.3, -0.25) is 0 Å². The van der Waals surface area contributed by atoms with Crippen LogP contribution in [0.1, 0.15) is 30.9 Å². The molecule has 0 aliphatic rings. The Balaban J connectivity index is 3.14. The maximum Gasteiger partial charge on any atom is 0.126 e. The van der Waals surface area contributed by atoms with Gasteiger partial charge in [0.2, 0.25) is 0 Å². The number of nitrogens with one attached hydrogen (secondary N) is 1. The van der Waals surface area contributed by atoms with Crippen LogP contribution in [-0.2, 0) is 6.42 Å². The number of benzene rings is 1. The van der Waals surface area contributed by atoms with Crippen LogP contribution in [0.4, 0.5) is 0 Å². The fourth-order valence-electron chi connectivity index (χ4n) is 1.90. The highest BCUT2D eigenvalue weighted by molar-refractivity contribution is 5.48. The second-order valence-electron chi connectivity index (χ2n) is 4.41. The molecule has 0 amide bonds. The van der Waals surface area contributed by atoms with Crippen LogP contribution in [0.3, 0.4) is 0 Å². The first kappa shape index (κ1) is 13.8. The molecule has 0 atom stereocenters. The van der Waals surface area contributed by atoms with Crippen molar-refractivity contribution in [3.05, 3.63) is 23.3 Å². The third kappa shape index (κ3) is 3.37. The van der Waals surface area contributed by atoms with Crippen molar-refractivity contribution in [2.45, 2.75) is 26.2 Å². The minimum absolute atomic E-state index is 0.448. The highest BCUT2D eigenvalue weighted by Gasteiger charge is 2.13. The summed E-state index contributed by atoms with van der Waals surface area (Å²) in [6.07, 6.45) is 0.962. The monoisotopic (exact) mass is 237 g/mol. The lowest BCUT2D eigenvalue weighted by Gasteiger charge is -2.17. The molecule has 1 aromatic carbocycles. The van der Waals surface area contributed by atoms with E-state index in [0.717, 1.165) is 24.5 Å². The molecule has 0 aromatic heterocycles. The van der Waals surface area contributed by atoms with Gasteiger partial charge in [-0.15, -0.1) is 0 Å². The van der Waals surface area contributed by atoms with Crippen LogP contribution < -0.4 is 14.8 Å². The summed E-state index contributed by atoms with van der Waals surface area (Å²) in [7, 11) is 5.36. The number of methoxy groups -OCH3 is 2. The van der Waals surface area contributed by atoms with Gasteiger partial charge in [0.1, 0.15) is 11.5 Å². The van der Waals surface area contributed by atoms with Gasteiger partial charge in [-0.2, -0.15) is 0 Å². The van der Waals surface area contributed by atoms with Crippen LogP contribution in [0.2, 0.25) is 0 Å². The molecule has 0 radical (unpaired) electrons. The maximum atomic E-state index is 5.41. The summed E-state index contributed by atoms with van der Waals surface area (Å²) in [5.41, 5.74) is 2.46. The van der Waals surface area contributed by atoms with E-state index in [-0.39, 0.29) is 0 Å². The van der Waals surface area contributed by atoms with Crippen LogP contribution in [0, 0.1) is 0 Å². The Bertz CT molecular complexity index is 361. The Morgan fingerprint density at radius 3 is 2.24 bits per heavy atom. The average Bonchev–Trinajstić information content (AvgIpc) is 2.34. The number of likely N-dealkylation sites (N-methyl/N-ethyl adjacent to an activating group) is 1. The second kappa shape index (κ2) is 6.50. The minimum Gasteiger partial charge on any atom is -0.496 e. The van der Waals surface area contributed by atoms with Crippen LogP contribution in [0.15, 0.2) is 12.1 Å². The molecule has 0 bridgehead atoms. The lowest BCUT2D eigenvalue weighted by Crippen LogP contribution is -2.11. The molecule has 0 unspecified atom stereocenters. The predicted molar refractivity (Wildman–Crippen MR) is 71.3 cm³/mol. The summed E-state index contributed by atoms with van der Waals surface area (Å²) in [5, 5.41) is 3.16. The average molecular weight is 237 g/mol. The summed E-state index contributed by atoms with van der Waals surface area (Å²) in [6, 6.07) is 4.18. The first-order chi connectivity index (χ1) is 8.13. The van der Waals surface area contributed by atoms with Gasteiger partial charge in [0.05, 0.1) is 14.2 Å². The number of hydrogen-bond donors (Lipinski definition) is 1. The second-order valence-corrected chi connectivity index (χ2v) is 4.41. The molecule has 3 nitrogen and oxygen atoms in total. The van der Waals surface area contributed by atoms with Gasteiger partial charge in [0.25, 0.3) is 0 Å². The smallest absolute Gasteiger partial charge is 0.126 e. The van der Waals surface area contributed by atoms with Crippen molar-refractivity contribution >= 4 is 0 Å². The van der Waals surface area contributed by atoms with Gasteiger partial charge in [0.15, 0.2) is 0 Å². The Kier molecular flexibility index (Phi) is 5.29. The van der Waals surface area contributed by atoms with E-state index in [1.807, 2.05) is 13.1 Å². The van der Waals surface area contributed by atoms with Crippen LogP contribution in [0.25, 0.3) is 0 Å². The Morgan fingerprint density at radius 1 is 1.12 bits per heavy atom. The van der Waals surface area contributed by atoms with E-state index in [4.69, 9.17) is 9.47 Å². The van der Waals surface area contributed by atoms with Crippen LogP contribution in [-0.4, -0.2) is 27.8 Å². The lowest BCUT2D eigenvalue weighted by molar-refractivity contribution is 0.386. The van der Waals surface area contributed by atoms with E-state index in [9.17, 15) is 0 Å². The predicted octanol–water partition coefficient (Wildman–Crippen LogP) is 2.59. The molecule has 0 spiro atoms. The molecule has 0 saturated heterocycles. The molecule has 0 heterocycles. The van der Waals surface area contributed by atoms with Crippen molar-refractivity contribution in [2.24, 2.45) is 0 Å². The number of hydrogen-bond acceptors (Lipinski definition) is 3. The van der Waals surface area contributed by atoms with Gasteiger partial charge < -0.3 is 14.8 Å². The first-order valence-electron chi connectivity index (χ1n) is 6.03. The van der Waals surface area contributed by atoms with E-state index < -0.39 is 0 Å². The molecule has 1 N–H and O–H groups in total. The molecular formula is C14H23NO2. The zero-order valence-corrected chi connectivity index (χ0v) is 11.5. The molecule has 0 fully saturated rings. The SMILES string of the molecule is CNCCc1cc(C(C)C)c(OC)cc1OC. The van der Waals surface area contributed by atoms with Crippen molar-refractivity contribution < 1.29 is 9.47 Å². The van der Waals surface area contributed by atoms with E-state index in [1.54, 1.807) is 14.2 Å². The maximum absolute atomic E-state index is 5.41. The van der Waals surface area contributed by atoms with Crippen molar-refractivity contribution in [3.63, 3.8) is 0 Å². The summed E-state index contributed by atoms with van der Waals surface area (Å²) < 4.78 is 10.8. The van der Waals surface area contributed by atoms with Gasteiger partial charge >= 0.3 is 0 Å². The van der Waals surface area contributed by atoms with E-state index >= 15 is 0 Å². The topological polar surface area (TPSA) is 30.5 Å². The zero-order chi connectivity index (χ0) is 12.8. The highest BCUT2D eigenvalue weighted by Crippen LogP contribution is 2.33. The molecular weight excluding hydrogens is 214 g/mol. The fraction of sp³-hybridized carbons (Fsp3) is 0.571. The third-order valence-electron chi connectivity index (χ3n) is 2.90. The normalized spacial score (nSPS) is 10.7. The summed E-state index contributed by atoms with van der Waals surface area (Å²) in [5.74, 6) is 2.26.